The molecule has 0 aromatic carbocycles. The fraction of sp³-hybridized carbons (Fsp3) is 0.250. The molecule has 0 bridgehead atoms. The van der Waals surface area contributed by atoms with E-state index >= 15 is 0 Å². The van der Waals surface area contributed by atoms with Gasteiger partial charge in [0.1, 0.15) is 0 Å². The number of hydrogen-bond acceptors (Lipinski definition) is 7. The number of hydrogen-bond donors (Lipinski definition) is 1. The summed E-state index contributed by atoms with van der Waals surface area (Å²) >= 11 is 2.79. The number of thiophene rings is 2. The van der Waals surface area contributed by atoms with E-state index in [2.05, 4.69) is 5.32 Å². The molecule has 5 nitrogen and oxygen atoms in total. The van der Waals surface area contributed by atoms with Gasteiger partial charge in [-0.25, -0.2) is 0 Å². The molecule has 1 aliphatic rings. The second kappa shape index (κ2) is 5.51. The number of nitrogens with zero attached hydrogens (tertiary/aromatic N) is 4. The molecule has 7 heteroatoms. The third kappa shape index (κ3) is 1.83. The smallest absolute Gasteiger partial charge is 0.197 e. The summed E-state index contributed by atoms with van der Waals surface area (Å²) in [6, 6.07) is 13.8. The maximum Gasteiger partial charge on any atom is 0.197 e. The Kier molecular flexibility index (Phi) is 3.64. The second-order valence-electron chi connectivity index (χ2n) is 5.13. The van der Waals surface area contributed by atoms with Crippen LogP contribution in [-0.4, -0.2) is 0 Å². The van der Waals surface area contributed by atoms with Crippen LogP contribution in [-0.2, 0) is 0 Å². The van der Waals surface area contributed by atoms with Gasteiger partial charge in [0.25, 0.3) is 0 Å². The van der Waals surface area contributed by atoms with Crippen LogP contribution in [0.3, 0.4) is 0 Å². The van der Waals surface area contributed by atoms with Crippen molar-refractivity contribution in [2.24, 2.45) is 10.8 Å². The third-order valence-corrected chi connectivity index (χ3v) is 6.06. The minimum Gasteiger partial charge on any atom is -0.297 e. The Balaban J connectivity index is 2.28. The fourth-order valence-corrected chi connectivity index (χ4v) is 4.74. The average molecular weight is 335 g/mol. The van der Waals surface area contributed by atoms with Crippen LogP contribution < -0.4 is 5.32 Å². The molecular weight excluding hydrogens is 326 g/mol. The highest BCUT2D eigenvalue weighted by Crippen LogP contribution is 2.60. The first-order valence-corrected chi connectivity index (χ1v) is 8.43. The highest BCUT2D eigenvalue weighted by molar-refractivity contribution is 7.10. The molecule has 0 radical (unpaired) electrons. The summed E-state index contributed by atoms with van der Waals surface area (Å²) in [6.45, 7) is 0. The van der Waals surface area contributed by atoms with E-state index in [4.69, 9.17) is 0 Å². The number of nitrogens with one attached hydrogen (secondary N) is 1. The van der Waals surface area contributed by atoms with Crippen molar-refractivity contribution >= 4 is 22.7 Å². The van der Waals surface area contributed by atoms with Crippen LogP contribution in [0, 0.1) is 56.2 Å². The van der Waals surface area contributed by atoms with Gasteiger partial charge in [-0.05, 0) is 22.9 Å². The Morgan fingerprint density at radius 2 is 1.17 bits per heavy atom. The Morgan fingerprint density at radius 1 is 0.783 bits per heavy atom. The van der Waals surface area contributed by atoms with Gasteiger partial charge in [0.2, 0.25) is 0 Å². The Bertz CT molecular complexity index is 769. The predicted octanol–water partition coefficient (Wildman–Crippen LogP) is 3.26. The summed E-state index contributed by atoms with van der Waals surface area (Å²) < 4.78 is 0. The monoisotopic (exact) mass is 335 g/mol. The summed E-state index contributed by atoms with van der Waals surface area (Å²) in [5.74, 6) is 0. The van der Waals surface area contributed by atoms with Gasteiger partial charge in [-0.2, -0.15) is 21.0 Å². The van der Waals surface area contributed by atoms with Crippen LogP contribution in [0.1, 0.15) is 21.8 Å². The van der Waals surface area contributed by atoms with Crippen molar-refractivity contribution in [1.29, 1.82) is 21.0 Å². The van der Waals surface area contributed by atoms with Gasteiger partial charge in [-0.3, -0.25) is 5.32 Å². The first-order chi connectivity index (χ1) is 11.2. The van der Waals surface area contributed by atoms with Crippen LogP contribution in [0.4, 0.5) is 0 Å². The van der Waals surface area contributed by atoms with Crippen LogP contribution in [0.25, 0.3) is 0 Å². The highest BCUT2D eigenvalue weighted by atomic mass is 32.1. The molecule has 110 valence electrons. The number of rotatable bonds is 2. The van der Waals surface area contributed by atoms with Crippen molar-refractivity contribution in [3.05, 3.63) is 44.8 Å². The van der Waals surface area contributed by atoms with E-state index in [0.29, 0.717) is 0 Å². The van der Waals surface area contributed by atoms with E-state index in [9.17, 15) is 21.0 Å². The minimum atomic E-state index is -1.78. The molecule has 23 heavy (non-hydrogen) atoms. The topological polar surface area (TPSA) is 107 Å². The Morgan fingerprint density at radius 3 is 1.43 bits per heavy atom. The SMILES string of the molecule is N#CC1(C#N)C(c2cccs2)NC(c2cccs2)C1(C#N)C#N. The maximum atomic E-state index is 9.79. The fourth-order valence-electron chi connectivity index (χ4n) is 3.04. The van der Waals surface area contributed by atoms with Crippen molar-refractivity contribution in [1.82, 2.24) is 5.32 Å². The summed E-state index contributed by atoms with van der Waals surface area (Å²) in [5.41, 5.74) is -3.56. The van der Waals surface area contributed by atoms with Crippen LogP contribution in [0.2, 0.25) is 0 Å². The Labute approximate surface area is 141 Å². The molecule has 1 fully saturated rings. The molecule has 0 saturated carbocycles. The zero-order chi connectivity index (χ0) is 16.5. The van der Waals surface area contributed by atoms with Gasteiger partial charge in [-0.15, -0.1) is 22.7 Å². The van der Waals surface area contributed by atoms with Crippen molar-refractivity contribution in [2.45, 2.75) is 12.1 Å². The average Bonchev–Trinajstić information content (AvgIpc) is 3.32. The molecule has 1 N–H and O–H groups in total. The van der Waals surface area contributed by atoms with E-state index < -0.39 is 22.9 Å². The maximum absolute atomic E-state index is 9.79. The minimum absolute atomic E-state index is 0.691. The van der Waals surface area contributed by atoms with Crippen LogP contribution >= 0.6 is 22.7 Å². The van der Waals surface area contributed by atoms with Crippen molar-refractivity contribution in [2.75, 3.05) is 0 Å². The van der Waals surface area contributed by atoms with Crippen LogP contribution in [0.15, 0.2) is 35.0 Å². The van der Waals surface area contributed by atoms with Crippen molar-refractivity contribution in [3.63, 3.8) is 0 Å². The van der Waals surface area contributed by atoms with E-state index in [1.165, 1.54) is 22.7 Å². The first-order valence-electron chi connectivity index (χ1n) is 6.67. The molecule has 0 spiro atoms. The molecule has 3 heterocycles. The second-order valence-corrected chi connectivity index (χ2v) is 7.09. The molecule has 2 aromatic heterocycles. The summed E-state index contributed by atoms with van der Waals surface area (Å²) in [4.78, 5) is 1.53. The lowest BCUT2D eigenvalue weighted by atomic mass is 9.62. The summed E-state index contributed by atoms with van der Waals surface area (Å²) in [6.07, 6.45) is 0. The molecule has 1 aliphatic heterocycles. The molecule has 2 aromatic rings. The highest BCUT2D eigenvalue weighted by Gasteiger charge is 2.69. The standard InChI is InChI=1S/C16H9N5S2/c17-7-15(8-18)13(11-3-1-5-22-11)21-14(12-4-2-6-23-12)16(15,9-19)10-20/h1-6,13-14,21H. The summed E-state index contributed by atoms with van der Waals surface area (Å²) in [5, 5.41) is 46.1. The van der Waals surface area contributed by atoms with E-state index in [1.807, 2.05) is 59.3 Å². The van der Waals surface area contributed by atoms with Gasteiger partial charge >= 0.3 is 0 Å². The van der Waals surface area contributed by atoms with Crippen molar-refractivity contribution < 1.29 is 0 Å². The molecule has 2 unspecified atom stereocenters. The predicted molar refractivity (Wildman–Crippen MR) is 84.6 cm³/mol. The lowest BCUT2D eigenvalue weighted by Gasteiger charge is -2.28. The van der Waals surface area contributed by atoms with Gasteiger partial charge < -0.3 is 0 Å². The molecule has 0 aliphatic carbocycles. The molecule has 2 atom stereocenters. The van der Waals surface area contributed by atoms with Gasteiger partial charge in [-0.1, -0.05) is 12.1 Å². The zero-order valence-corrected chi connectivity index (χ0v) is 13.4. The molecule has 3 rings (SSSR count). The number of nitriles is 4. The van der Waals surface area contributed by atoms with E-state index in [0.717, 1.165) is 9.75 Å². The molecule has 1 saturated heterocycles. The first kappa shape index (κ1) is 15.2. The van der Waals surface area contributed by atoms with E-state index in [1.54, 1.807) is 0 Å². The largest absolute Gasteiger partial charge is 0.297 e. The van der Waals surface area contributed by atoms with Crippen LogP contribution in [0.5, 0.6) is 0 Å². The summed E-state index contributed by atoms with van der Waals surface area (Å²) in [7, 11) is 0. The van der Waals surface area contributed by atoms with Gasteiger partial charge in [0, 0.05) is 9.75 Å². The normalized spacial score (nSPS) is 24.0. The van der Waals surface area contributed by atoms with Crippen molar-refractivity contribution in [3.8, 4) is 24.3 Å². The van der Waals surface area contributed by atoms with E-state index in [-0.39, 0.29) is 0 Å². The lowest BCUT2D eigenvalue weighted by Crippen LogP contribution is -2.39. The molecular formula is C16H9N5S2. The lowest BCUT2D eigenvalue weighted by molar-refractivity contribution is 0.314. The quantitative estimate of drug-likeness (QED) is 0.906. The Hall–Kier alpha value is -2.68. The third-order valence-electron chi connectivity index (χ3n) is 4.18. The van der Waals surface area contributed by atoms with Gasteiger partial charge in [0.05, 0.1) is 36.4 Å². The zero-order valence-electron chi connectivity index (χ0n) is 11.7. The van der Waals surface area contributed by atoms with Gasteiger partial charge in [0.15, 0.2) is 10.8 Å². The molecule has 0 amide bonds.